The summed E-state index contributed by atoms with van der Waals surface area (Å²) in [7, 11) is 0. The van der Waals surface area contributed by atoms with Gasteiger partial charge in [0.1, 0.15) is 0 Å². The summed E-state index contributed by atoms with van der Waals surface area (Å²) in [6, 6.07) is 6.12. The summed E-state index contributed by atoms with van der Waals surface area (Å²) in [5.41, 5.74) is 4.25. The molecule has 3 N–H and O–H groups in total. The lowest BCUT2D eigenvalue weighted by atomic mass is 10.2. The highest BCUT2D eigenvalue weighted by Gasteiger charge is 2.01. The molecule has 0 saturated heterocycles. The van der Waals surface area contributed by atoms with Crippen LogP contribution in [-0.4, -0.2) is 27.9 Å². The van der Waals surface area contributed by atoms with Crippen LogP contribution in [0.25, 0.3) is 0 Å². The number of hydrogen-bond donors (Lipinski definition) is 3. The van der Waals surface area contributed by atoms with E-state index in [2.05, 4.69) is 10.5 Å². The van der Waals surface area contributed by atoms with Crippen LogP contribution in [-0.2, 0) is 4.79 Å². The van der Waals surface area contributed by atoms with Gasteiger partial charge in [-0.2, -0.15) is 5.10 Å². The standard InChI is InChI=1S/C12H14N2O4/c1-8(2-7-11(15)16)13-14-10-5-3-9(4-6-10)12(17)18/h3-6,14H,2,7H2,1H3,(H,15,16)(H,17,18). The van der Waals surface area contributed by atoms with Crippen molar-refractivity contribution in [3.05, 3.63) is 29.8 Å². The van der Waals surface area contributed by atoms with Gasteiger partial charge in [-0.15, -0.1) is 0 Å². The van der Waals surface area contributed by atoms with E-state index in [1.807, 2.05) is 0 Å². The molecule has 0 aliphatic rings. The SMILES string of the molecule is CC(CCC(=O)O)=NNc1ccc(C(=O)O)cc1. The van der Waals surface area contributed by atoms with Crippen LogP contribution in [0.2, 0.25) is 0 Å². The Kier molecular flexibility index (Phi) is 4.86. The minimum absolute atomic E-state index is 0.0367. The van der Waals surface area contributed by atoms with E-state index in [-0.39, 0.29) is 12.0 Å². The van der Waals surface area contributed by atoms with E-state index in [4.69, 9.17) is 10.2 Å². The van der Waals surface area contributed by atoms with E-state index in [0.29, 0.717) is 17.8 Å². The topological polar surface area (TPSA) is 99.0 Å². The Labute approximate surface area is 104 Å². The largest absolute Gasteiger partial charge is 0.481 e. The molecule has 0 aliphatic heterocycles. The average molecular weight is 250 g/mol. The van der Waals surface area contributed by atoms with Crippen molar-refractivity contribution in [1.29, 1.82) is 0 Å². The van der Waals surface area contributed by atoms with Crippen LogP contribution in [0, 0.1) is 0 Å². The highest BCUT2D eigenvalue weighted by molar-refractivity contribution is 5.88. The number of hydrogen-bond acceptors (Lipinski definition) is 4. The molecule has 1 rings (SSSR count). The second kappa shape index (κ2) is 6.39. The number of hydrazone groups is 1. The predicted octanol–water partition coefficient (Wildman–Crippen LogP) is 2.04. The van der Waals surface area contributed by atoms with Crippen LogP contribution in [0.3, 0.4) is 0 Å². The van der Waals surface area contributed by atoms with Gasteiger partial charge in [0.15, 0.2) is 0 Å². The number of aliphatic carboxylic acids is 1. The molecule has 0 amide bonds. The first-order chi connectivity index (χ1) is 8.49. The van der Waals surface area contributed by atoms with E-state index in [1.165, 1.54) is 12.1 Å². The zero-order valence-corrected chi connectivity index (χ0v) is 9.88. The number of nitrogens with zero attached hydrogens (tertiary/aromatic N) is 1. The lowest BCUT2D eigenvalue weighted by Gasteiger charge is -2.03. The minimum atomic E-state index is -0.984. The van der Waals surface area contributed by atoms with Gasteiger partial charge >= 0.3 is 11.9 Å². The lowest BCUT2D eigenvalue weighted by Crippen LogP contribution is -2.02. The molecular weight excluding hydrogens is 236 g/mol. The number of benzene rings is 1. The Morgan fingerprint density at radius 3 is 2.28 bits per heavy atom. The summed E-state index contributed by atoms with van der Waals surface area (Å²) in [6.45, 7) is 1.72. The maximum atomic E-state index is 10.6. The molecule has 18 heavy (non-hydrogen) atoms. The van der Waals surface area contributed by atoms with Crippen molar-refractivity contribution in [2.45, 2.75) is 19.8 Å². The van der Waals surface area contributed by atoms with Crippen molar-refractivity contribution in [2.75, 3.05) is 5.43 Å². The summed E-state index contributed by atoms with van der Waals surface area (Å²) in [5, 5.41) is 21.2. The highest BCUT2D eigenvalue weighted by Crippen LogP contribution is 2.09. The fraction of sp³-hybridized carbons (Fsp3) is 0.250. The van der Waals surface area contributed by atoms with Crippen LogP contribution in [0.5, 0.6) is 0 Å². The molecule has 0 aliphatic carbocycles. The van der Waals surface area contributed by atoms with E-state index < -0.39 is 11.9 Å². The molecule has 0 bridgehead atoms. The third kappa shape index (κ3) is 4.65. The predicted molar refractivity (Wildman–Crippen MR) is 67.0 cm³/mol. The number of rotatable bonds is 6. The van der Waals surface area contributed by atoms with Gasteiger partial charge < -0.3 is 10.2 Å². The summed E-state index contributed by atoms with van der Waals surface area (Å²) >= 11 is 0. The highest BCUT2D eigenvalue weighted by atomic mass is 16.4. The van der Waals surface area contributed by atoms with Crippen LogP contribution < -0.4 is 5.43 Å². The lowest BCUT2D eigenvalue weighted by molar-refractivity contribution is -0.136. The Bertz CT molecular complexity index is 465. The molecule has 0 unspecified atom stereocenters. The minimum Gasteiger partial charge on any atom is -0.481 e. The first kappa shape index (κ1) is 13.7. The second-order valence-corrected chi connectivity index (χ2v) is 3.74. The van der Waals surface area contributed by atoms with Crippen LogP contribution >= 0.6 is 0 Å². The van der Waals surface area contributed by atoms with E-state index in [9.17, 15) is 9.59 Å². The number of anilines is 1. The van der Waals surface area contributed by atoms with E-state index in [0.717, 1.165) is 0 Å². The van der Waals surface area contributed by atoms with E-state index >= 15 is 0 Å². The maximum absolute atomic E-state index is 10.6. The molecule has 6 nitrogen and oxygen atoms in total. The first-order valence-electron chi connectivity index (χ1n) is 5.33. The van der Waals surface area contributed by atoms with Crippen molar-refractivity contribution >= 4 is 23.3 Å². The van der Waals surface area contributed by atoms with Gasteiger partial charge in [0.25, 0.3) is 0 Å². The molecule has 0 radical (unpaired) electrons. The molecule has 0 aromatic heterocycles. The fourth-order valence-electron chi connectivity index (χ4n) is 1.19. The van der Waals surface area contributed by atoms with Gasteiger partial charge in [-0.1, -0.05) is 0 Å². The number of carbonyl (C=O) groups is 2. The Hall–Kier alpha value is -2.37. The molecule has 6 heteroatoms. The van der Waals surface area contributed by atoms with Gasteiger partial charge in [-0.25, -0.2) is 4.79 Å². The van der Waals surface area contributed by atoms with Crippen molar-refractivity contribution in [2.24, 2.45) is 5.10 Å². The number of aromatic carboxylic acids is 1. The Balaban J connectivity index is 2.54. The molecule has 1 aromatic rings. The van der Waals surface area contributed by atoms with Crippen molar-refractivity contribution in [1.82, 2.24) is 0 Å². The zero-order chi connectivity index (χ0) is 13.5. The summed E-state index contributed by atoms with van der Waals surface area (Å²) in [4.78, 5) is 21.0. The molecule has 0 saturated carbocycles. The third-order valence-corrected chi connectivity index (χ3v) is 2.21. The first-order valence-corrected chi connectivity index (χ1v) is 5.33. The summed E-state index contributed by atoms with van der Waals surface area (Å²) < 4.78 is 0. The average Bonchev–Trinajstić information content (AvgIpc) is 2.34. The Morgan fingerprint density at radius 2 is 1.78 bits per heavy atom. The molecule has 1 aromatic carbocycles. The quantitative estimate of drug-likeness (QED) is 0.530. The van der Waals surface area contributed by atoms with Crippen molar-refractivity contribution < 1.29 is 19.8 Å². The number of carboxylic acids is 2. The molecule has 96 valence electrons. The normalized spacial score (nSPS) is 11.1. The van der Waals surface area contributed by atoms with Crippen molar-refractivity contribution in [3.8, 4) is 0 Å². The molecule has 0 heterocycles. The maximum Gasteiger partial charge on any atom is 0.335 e. The summed E-state index contributed by atoms with van der Waals surface area (Å²) in [5.74, 6) is -1.85. The Morgan fingerprint density at radius 1 is 1.17 bits per heavy atom. The van der Waals surface area contributed by atoms with Gasteiger partial charge in [-0.05, 0) is 37.6 Å². The van der Waals surface area contributed by atoms with Gasteiger partial charge in [0.2, 0.25) is 0 Å². The van der Waals surface area contributed by atoms with Crippen molar-refractivity contribution in [3.63, 3.8) is 0 Å². The number of carboxylic acid groups (broad SMARTS) is 2. The third-order valence-electron chi connectivity index (χ3n) is 2.21. The fourth-order valence-corrected chi connectivity index (χ4v) is 1.19. The van der Waals surface area contributed by atoms with Gasteiger partial charge in [0, 0.05) is 5.71 Å². The molecule has 0 spiro atoms. The molecule has 0 atom stereocenters. The van der Waals surface area contributed by atoms with Crippen LogP contribution in [0.4, 0.5) is 5.69 Å². The van der Waals surface area contributed by atoms with Crippen LogP contribution in [0.1, 0.15) is 30.1 Å². The van der Waals surface area contributed by atoms with Crippen LogP contribution in [0.15, 0.2) is 29.4 Å². The number of nitrogens with one attached hydrogen (secondary N) is 1. The molecular formula is C12H14N2O4. The van der Waals surface area contributed by atoms with Gasteiger partial charge in [-0.3, -0.25) is 10.2 Å². The summed E-state index contributed by atoms with van der Waals surface area (Å²) in [6.07, 6.45) is 0.407. The zero-order valence-electron chi connectivity index (χ0n) is 9.88. The van der Waals surface area contributed by atoms with E-state index in [1.54, 1.807) is 19.1 Å². The monoisotopic (exact) mass is 250 g/mol. The molecule has 0 fully saturated rings. The smallest absolute Gasteiger partial charge is 0.335 e. The van der Waals surface area contributed by atoms with Gasteiger partial charge in [0.05, 0.1) is 17.7 Å². The second-order valence-electron chi connectivity index (χ2n) is 3.74.